The highest BCUT2D eigenvalue weighted by atomic mass is 16.6. The molecule has 0 amide bonds. The Balaban J connectivity index is 1.61. The number of carbonyl (C=O) groups is 1. The maximum atomic E-state index is 13.1. The van der Waals surface area contributed by atoms with Gasteiger partial charge < -0.3 is 24.1 Å². The van der Waals surface area contributed by atoms with Crippen LogP contribution in [0.3, 0.4) is 0 Å². The molecular weight excluding hydrogens is 383 g/mol. The molecule has 1 aliphatic rings. The van der Waals surface area contributed by atoms with E-state index in [0.29, 0.717) is 17.1 Å². The predicted octanol–water partition coefficient (Wildman–Crippen LogP) is 0.836. The van der Waals surface area contributed by atoms with Gasteiger partial charge in [0.15, 0.2) is 0 Å². The van der Waals surface area contributed by atoms with Crippen molar-refractivity contribution < 1.29 is 24.3 Å². The summed E-state index contributed by atoms with van der Waals surface area (Å²) < 4.78 is 13.0. The summed E-state index contributed by atoms with van der Waals surface area (Å²) in [4.78, 5) is 17.4. The Morgan fingerprint density at radius 2 is 1.97 bits per heavy atom. The molecule has 1 unspecified atom stereocenters. The molecule has 0 spiro atoms. The lowest BCUT2D eigenvalue weighted by atomic mass is 9.65. The quantitative estimate of drug-likeness (QED) is 0.468. The van der Waals surface area contributed by atoms with Gasteiger partial charge in [-0.05, 0) is 54.8 Å². The first-order chi connectivity index (χ1) is 14.2. The van der Waals surface area contributed by atoms with Crippen molar-refractivity contribution in [3.05, 3.63) is 65.3 Å². The molecule has 0 bridgehead atoms. The third kappa shape index (κ3) is 3.48. The van der Waals surface area contributed by atoms with Gasteiger partial charge in [-0.25, -0.2) is 4.79 Å². The molecule has 3 aromatic rings. The number of fused-ring (bicyclic) bond motifs is 2. The monoisotopic (exact) mass is 406 g/mol. The molecule has 2 N–H and O–H groups in total. The molecule has 0 fully saturated rings. The molecule has 154 valence electrons. The number of esters is 1. The molecule has 2 heterocycles. The summed E-state index contributed by atoms with van der Waals surface area (Å²) in [6.07, 6.45) is 3.36. The van der Waals surface area contributed by atoms with Gasteiger partial charge in [0.2, 0.25) is 5.44 Å². The first-order valence-electron chi connectivity index (χ1n) is 9.64. The van der Waals surface area contributed by atoms with Crippen molar-refractivity contribution in [1.29, 1.82) is 0 Å². The lowest BCUT2D eigenvalue weighted by Crippen LogP contribution is -2.52. The van der Waals surface area contributed by atoms with Crippen LogP contribution in [0.15, 0.2) is 59.7 Å². The maximum absolute atomic E-state index is 13.1. The van der Waals surface area contributed by atoms with Crippen LogP contribution >= 0.6 is 0 Å². The van der Waals surface area contributed by atoms with Crippen LogP contribution in [0, 0.1) is 0 Å². The molecule has 4 rings (SSSR count). The van der Waals surface area contributed by atoms with Crippen molar-refractivity contribution in [3.8, 4) is 5.75 Å². The molecule has 7 nitrogen and oxygen atoms in total. The van der Waals surface area contributed by atoms with E-state index in [4.69, 9.17) is 9.47 Å². The Hall–Kier alpha value is -3.10. The van der Waals surface area contributed by atoms with E-state index >= 15 is 0 Å². The highest BCUT2D eigenvalue weighted by Gasteiger charge is 2.52. The van der Waals surface area contributed by atoms with E-state index < -0.39 is 24.1 Å². The van der Waals surface area contributed by atoms with E-state index in [9.17, 15) is 14.8 Å². The van der Waals surface area contributed by atoms with Crippen molar-refractivity contribution in [2.75, 3.05) is 7.11 Å². The smallest absolute Gasteiger partial charge is 0.497 e. The van der Waals surface area contributed by atoms with Crippen LogP contribution < -0.4 is 15.3 Å². The molecule has 8 heteroatoms. The number of carbonyl (C=O) groups excluding carboxylic acids is 1. The number of rotatable bonds is 6. The van der Waals surface area contributed by atoms with Crippen LogP contribution in [0.5, 0.6) is 5.75 Å². The average Bonchev–Trinajstić information content (AvgIpc) is 3.29. The second-order valence-corrected chi connectivity index (χ2v) is 8.03. The van der Waals surface area contributed by atoms with Gasteiger partial charge in [-0.15, -0.1) is 0 Å². The zero-order valence-corrected chi connectivity index (χ0v) is 17.1. The van der Waals surface area contributed by atoms with Crippen LogP contribution in [0.4, 0.5) is 0 Å². The van der Waals surface area contributed by atoms with E-state index in [1.807, 2.05) is 35.0 Å². The molecule has 1 atom stereocenters. The van der Waals surface area contributed by atoms with E-state index in [2.05, 4.69) is 4.99 Å². The van der Waals surface area contributed by atoms with Crippen molar-refractivity contribution in [3.63, 3.8) is 0 Å². The second kappa shape index (κ2) is 7.30. The SMILES string of the molecule is COc1ccc2ccn(CC(C)(C)OC(=O)C3(B(O)O)C=c4ccccc4=N3)c2c1. The molecule has 1 aliphatic heterocycles. The van der Waals surface area contributed by atoms with Gasteiger partial charge in [-0.3, -0.25) is 4.99 Å². The topological polar surface area (TPSA) is 93.3 Å². The number of ether oxygens (including phenoxy) is 2. The summed E-state index contributed by atoms with van der Waals surface area (Å²) in [6.45, 7) is 3.91. The highest BCUT2D eigenvalue weighted by Crippen LogP contribution is 2.27. The van der Waals surface area contributed by atoms with Gasteiger partial charge >= 0.3 is 13.1 Å². The van der Waals surface area contributed by atoms with E-state index in [-0.39, 0.29) is 0 Å². The fourth-order valence-electron chi connectivity index (χ4n) is 3.73. The lowest BCUT2D eigenvalue weighted by molar-refractivity contribution is -0.159. The summed E-state index contributed by atoms with van der Waals surface area (Å²) in [5, 5.41) is 22.2. The normalized spacial score (nSPS) is 17.8. The lowest BCUT2D eigenvalue weighted by Gasteiger charge is -2.30. The first-order valence-corrected chi connectivity index (χ1v) is 9.64. The molecule has 0 radical (unpaired) electrons. The first kappa shape index (κ1) is 20.2. The summed E-state index contributed by atoms with van der Waals surface area (Å²) in [7, 11) is -0.413. The van der Waals surface area contributed by atoms with E-state index in [1.54, 1.807) is 45.2 Å². The van der Waals surface area contributed by atoms with Crippen LogP contribution in [-0.2, 0) is 16.1 Å². The van der Waals surface area contributed by atoms with Gasteiger partial charge in [-0.2, -0.15) is 0 Å². The zero-order chi connectivity index (χ0) is 21.5. The highest BCUT2D eigenvalue weighted by molar-refractivity contribution is 6.55. The Labute approximate surface area is 174 Å². The van der Waals surface area contributed by atoms with Crippen molar-refractivity contribution in [2.24, 2.45) is 4.99 Å². The number of hydrogen-bond acceptors (Lipinski definition) is 6. The van der Waals surface area contributed by atoms with E-state index in [1.165, 1.54) is 6.08 Å². The standard InChI is InChI=1S/C22H23BN2O5/c1-21(2,14-25-11-10-15-8-9-17(29-3)12-19(15)25)30-20(26)22(23(27)28)13-16-6-4-5-7-18(16)24-22/h4-13,27-28H,14H2,1-3H3. The number of nitrogens with zero attached hydrogens (tertiary/aromatic N) is 2. The number of benzene rings is 2. The molecular formula is C22H23BN2O5. The molecule has 0 aliphatic carbocycles. The zero-order valence-electron chi connectivity index (χ0n) is 17.1. The van der Waals surface area contributed by atoms with Gasteiger partial charge in [-0.1, -0.05) is 18.2 Å². The number of methoxy groups -OCH3 is 1. The van der Waals surface area contributed by atoms with Gasteiger partial charge in [0.25, 0.3) is 0 Å². The summed E-state index contributed by atoms with van der Waals surface area (Å²) >= 11 is 0. The number of aromatic nitrogens is 1. The Morgan fingerprint density at radius 1 is 1.20 bits per heavy atom. The van der Waals surface area contributed by atoms with Gasteiger partial charge in [0, 0.05) is 12.3 Å². The van der Waals surface area contributed by atoms with Crippen LogP contribution in [0.2, 0.25) is 0 Å². The minimum atomic E-state index is -2.02. The maximum Gasteiger partial charge on any atom is 0.497 e. The van der Waals surface area contributed by atoms with E-state index in [0.717, 1.165) is 16.7 Å². The van der Waals surface area contributed by atoms with Gasteiger partial charge in [0.05, 0.1) is 24.5 Å². The third-order valence-corrected chi connectivity index (χ3v) is 5.24. The Morgan fingerprint density at radius 3 is 2.67 bits per heavy atom. The van der Waals surface area contributed by atoms with Crippen molar-refractivity contribution in [2.45, 2.75) is 31.4 Å². The van der Waals surface area contributed by atoms with Crippen LogP contribution in [-0.4, -0.2) is 45.9 Å². The third-order valence-electron chi connectivity index (χ3n) is 5.24. The van der Waals surface area contributed by atoms with Crippen molar-refractivity contribution in [1.82, 2.24) is 4.57 Å². The molecule has 0 saturated heterocycles. The summed E-state index contributed by atoms with van der Waals surface area (Å²) in [5.74, 6) is -0.0792. The fourth-order valence-corrected chi connectivity index (χ4v) is 3.73. The number of hydrogen-bond donors (Lipinski definition) is 2. The molecule has 30 heavy (non-hydrogen) atoms. The Bertz CT molecular complexity index is 1200. The summed E-state index contributed by atoms with van der Waals surface area (Å²) in [5.41, 5.74) is -1.88. The van der Waals surface area contributed by atoms with Crippen LogP contribution in [0.25, 0.3) is 17.0 Å². The minimum Gasteiger partial charge on any atom is -0.497 e. The van der Waals surface area contributed by atoms with Crippen LogP contribution in [0.1, 0.15) is 13.8 Å². The van der Waals surface area contributed by atoms with Gasteiger partial charge in [0.1, 0.15) is 11.4 Å². The Kier molecular flexibility index (Phi) is 4.91. The van der Waals surface area contributed by atoms with Crippen molar-refractivity contribution >= 4 is 30.1 Å². The number of para-hydroxylation sites is 1. The largest absolute Gasteiger partial charge is 0.497 e. The minimum absolute atomic E-state index is 0.361. The summed E-state index contributed by atoms with van der Waals surface area (Å²) in [6, 6.07) is 14.8. The molecule has 2 aromatic carbocycles. The molecule has 0 saturated carbocycles. The predicted molar refractivity (Wildman–Crippen MR) is 113 cm³/mol. The molecule has 1 aromatic heterocycles. The average molecular weight is 406 g/mol. The second-order valence-electron chi connectivity index (χ2n) is 8.03. The fraction of sp³-hybridized carbons (Fsp3) is 0.273.